The fourth-order valence-electron chi connectivity index (χ4n) is 1.94. The second-order valence-electron chi connectivity index (χ2n) is 4.11. The molecule has 19 heavy (non-hydrogen) atoms. The molecule has 0 bridgehead atoms. The number of rotatable bonds is 3. The lowest BCUT2D eigenvalue weighted by Gasteiger charge is -2.05. The Morgan fingerprint density at radius 2 is 1.11 bits per heavy atom. The van der Waals surface area contributed by atoms with Crippen LogP contribution in [-0.4, -0.2) is 0 Å². The van der Waals surface area contributed by atoms with E-state index in [1.165, 1.54) is 22.3 Å². The van der Waals surface area contributed by atoms with Crippen LogP contribution in [0.1, 0.15) is 25.0 Å². The van der Waals surface area contributed by atoms with Crippen LogP contribution in [0.2, 0.25) is 0 Å². The Morgan fingerprint density at radius 3 is 1.42 bits per heavy atom. The van der Waals surface area contributed by atoms with Crippen LogP contribution >= 0.6 is 17.0 Å². The molecule has 2 aromatic rings. The lowest BCUT2D eigenvalue weighted by molar-refractivity contribution is 1.13. The average Bonchev–Trinajstić information content (AvgIpc) is 2.49. The highest BCUT2D eigenvalue weighted by Gasteiger charge is 1.99. The maximum Gasteiger partial charge on any atom is -0.0181 e. The minimum atomic E-state index is 0. The SMILES string of the molecule is Br.C=C.CCc1cccc(-c2cccc(CC)c2)c1. The van der Waals surface area contributed by atoms with Crippen molar-refractivity contribution in [1.82, 2.24) is 0 Å². The Morgan fingerprint density at radius 1 is 0.737 bits per heavy atom. The lowest BCUT2D eigenvalue weighted by atomic mass is 10.00. The van der Waals surface area contributed by atoms with E-state index in [-0.39, 0.29) is 17.0 Å². The topological polar surface area (TPSA) is 0 Å². The lowest BCUT2D eigenvalue weighted by Crippen LogP contribution is -1.85. The molecule has 0 aliphatic carbocycles. The van der Waals surface area contributed by atoms with Gasteiger partial charge in [0.05, 0.1) is 0 Å². The molecule has 0 fully saturated rings. The third-order valence-electron chi connectivity index (χ3n) is 3.00. The molecule has 0 aliphatic heterocycles. The molecule has 0 saturated carbocycles. The number of aryl methyl sites for hydroxylation is 2. The standard InChI is InChI=1S/C16H18.C2H4.BrH/c1-3-13-7-5-9-15(11-13)16-10-6-8-14(4-2)12-16;1-2;/h5-12H,3-4H2,1-2H3;1-2H2;1H. The van der Waals surface area contributed by atoms with Gasteiger partial charge in [0.1, 0.15) is 0 Å². The molecule has 0 aliphatic rings. The summed E-state index contributed by atoms with van der Waals surface area (Å²) in [5.74, 6) is 0. The van der Waals surface area contributed by atoms with Crippen molar-refractivity contribution >= 4 is 17.0 Å². The van der Waals surface area contributed by atoms with E-state index < -0.39 is 0 Å². The number of hydrogen-bond acceptors (Lipinski definition) is 0. The van der Waals surface area contributed by atoms with Crippen LogP contribution in [0.3, 0.4) is 0 Å². The summed E-state index contributed by atoms with van der Waals surface area (Å²) in [5.41, 5.74) is 5.46. The highest BCUT2D eigenvalue weighted by molar-refractivity contribution is 8.93. The summed E-state index contributed by atoms with van der Waals surface area (Å²) >= 11 is 0. The van der Waals surface area contributed by atoms with Crippen molar-refractivity contribution < 1.29 is 0 Å². The van der Waals surface area contributed by atoms with Gasteiger partial charge in [0, 0.05) is 0 Å². The van der Waals surface area contributed by atoms with Gasteiger partial charge in [0.2, 0.25) is 0 Å². The van der Waals surface area contributed by atoms with E-state index in [0.717, 1.165) is 12.8 Å². The van der Waals surface area contributed by atoms with Crippen LogP contribution in [0, 0.1) is 0 Å². The van der Waals surface area contributed by atoms with Crippen LogP contribution in [0.15, 0.2) is 61.7 Å². The monoisotopic (exact) mass is 318 g/mol. The Balaban J connectivity index is 0.00000103. The molecule has 2 aromatic carbocycles. The van der Waals surface area contributed by atoms with Crippen molar-refractivity contribution in [2.45, 2.75) is 26.7 Å². The molecule has 0 radical (unpaired) electrons. The van der Waals surface area contributed by atoms with Crippen molar-refractivity contribution in [2.24, 2.45) is 0 Å². The maximum absolute atomic E-state index is 3.00. The van der Waals surface area contributed by atoms with Gasteiger partial charge in [-0.1, -0.05) is 62.4 Å². The molecule has 2 rings (SSSR count). The first kappa shape index (κ1) is 17.7. The first-order chi connectivity index (χ1) is 8.83. The van der Waals surface area contributed by atoms with Gasteiger partial charge in [-0.05, 0) is 35.1 Å². The van der Waals surface area contributed by atoms with Gasteiger partial charge in [0.15, 0.2) is 0 Å². The van der Waals surface area contributed by atoms with E-state index in [9.17, 15) is 0 Å². The predicted molar refractivity (Wildman–Crippen MR) is 92.2 cm³/mol. The molecule has 102 valence electrons. The fourth-order valence-corrected chi connectivity index (χ4v) is 1.94. The molecule has 0 saturated heterocycles. The van der Waals surface area contributed by atoms with E-state index in [1.54, 1.807) is 0 Å². The summed E-state index contributed by atoms with van der Waals surface area (Å²) in [6, 6.07) is 17.6. The smallest absolute Gasteiger partial charge is 0.0181 e. The molecule has 0 heterocycles. The van der Waals surface area contributed by atoms with E-state index in [4.69, 9.17) is 0 Å². The third-order valence-corrected chi connectivity index (χ3v) is 3.00. The second-order valence-corrected chi connectivity index (χ2v) is 4.11. The van der Waals surface area contributed by atoms with Crippen LogP contribution in [-0.2, 0) is 12.8 Å². The van der Waals surface area contributed by atoms with Crippen molar-refractivity contribution in [2.75, 3.05) is 0 Å². The highest BCUT2D eigenvalue weighted by Crippen LogP contribution is 2.22. The molecule has 1 heteroatoms. The number of benzene rings is 2. The third kappa shape index (κ3) is 5.04. The minimum Gasteiger partial charge on any atom is -0.114 e. The van der Waals surface area contributed by atoms with Gasteiger partial charge in [-0.2, -0.15) is 0 Å². The average molecular weight is 319 g/mol. The zero-order chi connectivity index (χ0) is 13.4. The number of halogens is 1. The molecule has 0 aromatic heterocycles. The molecule has 0 spiro atoms. The van der Waals surface area contributed by atoms with E-state index in [2.05, 4.69) is 75.5 Å². The van der Waals surface area contributed by atoms with Gasteiger partial charge in [0.25, 0.3) is 0 Å². The van der Waals surface area contributed by atoms with Crippen LogP contribution in [0.4, 0.5) is 0 Å². The van der Waals surface area contributed by atoms with Gasteiger partial charge < -0.3 is 0 Å². The summed E-state index contributed by atoms with van der Waals surface area (Å²) in [6.07, 6.45) is 2.20. The Kier molecular flexibility index (Phi) is 8.90. The fraction of sp³-hybridized carbons (Fsp3) is 0.222. The van der Waals surface area contributed by atoms with E-state index >= 15 is 0 Å². The molecule has 0 atom stereocenters. The summed E-state index contributed by atoms with van der Waals surface area (Å²) in [4.78, 5) is 0. The molecule has 0 unspecified atom stereocenters. The summed E-state index contributed by atoms with van der Waals surface area (Å²) in [6.45, 7) is 10.4. The Labute approximate surface area is 128 Å². The zero-order valence-electron chi connectivity index (χ0n) is 11.9. The first-order valence-corrected chi connectivity index (χ1v) is 6.51. The summed E-state index contributed by atoms with van der Waals surface area (Å²) < 4.78 is 0. The highest BCUT2D eigenvalue weighted by atomic mass is 79.9. The van der Waals surface area contributed by atoms with Crippen molar-refractivity contribution in [1.29, 1.82) is 0 Å². The normalized spacial score (nSPS) is 8.95. The Bertz CT molecular complexity index is 443. The Hall–Kier alpha value is -1.34. The zero-order valence-corrected chi connectivity index (χ0v) is 13.6. The second kappa shape index (κ2) is 9.57. The van der Waals surface area contributed by atoms with Gasteiger partial charge >= 0.3 is 0 Å². The van der Waals surface area contributed by atoms with Gasteiger partial charge in [-0.25, -0.2) is 0 Å². The number of hydrogen-bond donors (Lipinski definition) is 0. The first-order valence-electron chi connectivity index (χ1n) is 6.51. The van der Waals surface area contributed by atoms with Gasteiger partial charge in [-0.3, -0.25) is 0 Å². The maximum atomic E-state index is 3.00. The molecular weight excluding hydrogens is 296 g/mol. The largest absolute Gasteiger partial charge is 0.114 e. The van der Waals surface area contributed by atoms with Crippen molar-refractivity contribution in [3.05, 3.63) is 72.8 Å². The predicted octanol–water partition coefficient (Wildman–Crippen LogP) is 5.86. The molecule has 0 nitrogen and oxygen atoms in total. The van der Waals surface area contributed by atoms with Crippen LogP contribution in [0.5, 0.6) is 0 Å². The van der Waals surface area contributed by atoms with Gasteiger partial charge in [-0.15, -0.1) is 30.1 Å². The van der Waals surface area contributed by atoms with E-state index in [0.29, 0.717) is 0 Å². The molecular formula is C18H23Br. The van der Waals surface area contributed by atoms with E-state index in [1.807, 2.05) is 0 Å². The van der Waals surface area contributed by atoms with Crippen LogP contribution < -0.4 is 0 Å². The molecule has 0 amide bonds. The van der Waals surface area contributed by atoms with Crippen LogP contribution in [0.25, 0.3) is 11.1 Å². The quantitative estimate of drug-likeness (QED) is 0.622. The molecule has 0 N–H and O–H groups in total. The minimum absolute atomic E-state index is 0. The summed E-state index contributed by atoms with van der Waals surface area (Å²) in [7, 11) is 0. The summed E-state index contributed by atoms with van der Waals surface area (Å²) in [5, 5.41) is 0. The van der Waals surface area contributed by atoms with Crippen molar-refractivity contribution in [3.63, 3.8) is 0 Å². The van der Waals surface area contributed by atoms with Crippen molar-refractivity contribution in [3.8, 4) is 11.1 Å².